The average molecular weight is 218 g/mol. The normalized spacial score (nSPS) is 12.4. The summed E-state index contributed by atoms with van der Waals surface area (Å²) in [5.74, 6) is 0.689. The molecule has 0 aliphatic heterocycles. The van der Waals surface area contributed by atoms with E-state index in [-0.39, 0.29) is 0 Å². The molecule has 2 aromatic rings. The van der Waals surface area contributed by atoms with Crippen LogP contribution < -0.4 is 4.74 Å². The number of methoxy groups -OCH3 is 1. The molecule has 3 nitrogen and oxygen atoms in total. The van der Waals surface area contributed by atoms with Crippen LogP contribution in [0, 0.1) is 6.92 Å². The lowest BCUT2D eigenvalue weighted by molar-refractivity contribution is 0.213. The molecule has 0 bridgehead atoms. The summed E-state index contributed by atoms with van der Waals surface area (Å²) in [6.45, 7) is 1.98. The van der Waals surface area contributed by atoms with E-state index in [4.69, 9.17) is 9.15 Å². The Morgan fingerprint density at radius 3 is 2.75 bits per heavy atom. The fourth-order valence-electron chi connectivity index (χ4n) is 1.65. The van der Waals surface area contributed by atoms with Crippen LogP contribution in [-0.4, -0.2) is 12.2 Å². The zero-order valence-electron chi connectivity index (χ0n) is 9.31. The van der Waals surface area contributed by atoms with E-state index < -0.39 is 6.10 Å². The number of hydrogen-bond acceptors (Lipinski definition) is 3. The van der Waals surface area contributed by atoms with Crippen molar-refractivity contribution in [1.82, 2.24) is 0 Å². The van der Waals surface area contributed by atoms with Crippen molar-refractivity contribution in [3.63, 3.8) is 0 Å². The number of aryl methyl sites for hydroxylation is 1. The maximum Gasteiger partial charge on any atom is 0.125 e. The number of aliphatic hydroxyl groups excluding tert-OH is 1. The molecule has 0 radical (unpaired) electrons. The molecule has 0 aliphatic carbocycles. The Bertz CT molecular complexity index is 460. The highest BCUT2D eigenvalue weighted by Crippen LogP contribution is 2.30. The third-order valence-corrected chi connectivity index (χ3v) is 2.54. The van der Waals surface area contributed by atoms with Crippen molar-refractivity contribution in [2.24, 2.45) is 0 Å². The minimum absolute atomic E-state index is 0.689. The fraction of sp³-hybridized carbons (Fsp3) is 0.231. The molecule has 1 aromatic heterocycles. The lowest BCUT2D eigenvalue weighted by Crippen LogP contribution is -2.01. The predicted molar refractivity (Wildman–Crippen MR) is 60.5 cm³/mol. The molecule has 0 aliphatic rings. The molecule has 0 saturated carbocycles. The molecule has 3 heteroatoms. The van der Waals surface area contributed by atoms with Gasteiger partial charge in [0.1, 0.15) is 11.9 Å². The molecule has 2 rings (SSSR count). The van der Waals surface area contributed by atoms with E-state index in [1.165, 1.54) is 6.26 Å². The summed E-state index contributed by atoms with van der Waals surface area (Å²) in [5, 5.41) is 10.1. The number of aliphatic hydroxyl groups is 1. The van der Waals surface area contributed by atoms with Gasteiger partial charge in [-0.3, -0.25) is 0 Å². The fourth-order valence-corrected chi connectivity index (χ4v) is 1.65. The first-order chi connectivity index (χ1) is 7.72. The van der Waals surface area contributed by atoms with Gasteiger partial charge >= 0.3 is 0 Å². The first kappa shape index (κ1) is 10.8. The molecule has 0 amide bonds. The standard InChI is InChI=1S/C13H14O3/c1-9-3-4-11(12(7-9)15-2)13(14)10-5-6-16-8-10/h3-8,13-14H,1-2H3. The van der Waals surface area contributed by atoms with Gasteiger partial charge in [0, 0.05) is 11.1 Å². The van der Waals surface area contributed by atoms with Crippen LogP contribution in [0.4, 0.5) is 0 Å². The third kappa shape index (κ3) is 1.95. The van der Waals surface area contributed by atoms with Crippen LogP contribution >= 0.6 is 0 Å². The summed E-state index contributed by atoms with van der Waals surface area (Å²) >= 11 is 0. The van der Waals surface area contributed by atoms with Crippen LogP contribution in [-0.2, 0) is 0 Å². The molecular formula is C13H14O3. The van der Waals surface area contributed by atoms with Crippen LogP contribution in [0.25, 0.3) is 0 Å². The van der Waals surface area contributed by atoms with Gasteiger partial charge in [-0.05, 0) is 24.6 Å². The summed E-state index contributed by atoms with van der Waals surface area (Å²) in [7, 11) is 1.60. The van der Waals surface area contributed by atoms with Gasteiger partial charge in [0.2, 0.25) is 0 Å². The number of rotatable bonds is 3. The quantitative estimate of drug-likeness (QED) is 0.861. The topological polar surface area (TPSA) is 42.6 Å². The Morgan fingerprint density at radius 2 is 2.12 bits per heavy atom. The van der Waals surface area contributed by atoms with E-state index >= 15 is 0 Å². The van der Waals surface area contributed by atoms with Crippen molar-refractivity contribution in [2.75, 3.05) is 7.11 Å². The smallest absolute Gasteiger partial charge is 0.125 e. The summed E-state index contributed by atoms with van der Waals surface area (Å²) < 4.78 is 10.2. The molecule has 1 atom stereocenters. The molecular weight excluding hydrogens is 204 g/mol. The highest BCUT2D eigenvalue weighted by molar-refractivity contribution is 5.41. The van der Waals surface area contributed by atoms with Gasteiger partial charge in [-0.25, -0.2) is 0 Å². The van der Waals surface area contributed by atoms with Crippen LogP contribution in [0.5, 0.6) is 5.75 Å². The van der Waals surface area contributed by atoms with Gasteiger partial charge in [-0.1, -0.05) is 12.1 Å². The monoisotopic (exact) mass is 218 g/mol. The minimum Gasteiger partial charge on any atom is -0.496 e. The zero-order valence-corrected chi connectivity index (χ0v) is 9.31. The second-order valence-electron chi connectivity index (χ2n) is 3.70. The van der Waals surface area contributed by atoms with Crippen LogP contribution in [0.2, 0.25) is 0 Å². The first-order valence-corrected chi connectivity index (χ1v) is 5.07. The molecule has 0 spiro atoms. The minimum atomic E-state index is -0.714. The number of ether oxygens (including phenoxy) is 1. The van der Waals surface area contributed by atoms with Crippen LogP contribution in [0.3, 0.4) is 0 Å². The van der Waals surface area contributed by atoms with E-state index in [9.17, 15) is 5.11 Å². The van der Waals surface area contributed by atoms with E-state index in [0.717, 1.165) is 16.7 Å². The first-order valence-electron chi connectivity index (χ1n) is 5.07. The highest BCUT2D eigenvalue weighted by Gasteiger charge is 2.16. The van der Waals surface area contributed by atoms with E-state index in [0.29, 0.717) is 5.75 Å². The van der Waals surface area contributed by atoms with Gasteiger partial charge in [0.25, 0.3) is 0 Å². The summed E-state index contributed by atoms with van der Waals surface area (Å²) in [6, 6.07) is 7.45. The Kier molecular flexibility index (Phi) is 2.97. The maximum absolute atomic E-state index is 10.1. The second-order valence-corrected chi connectivity index (χ2v) is 3.70. The van der Waals surface area contributed by atoms with E-state index in [1.807, 2.05) is 25.1 Å². The Hall–Kier alpha value is -1.74. The molecule has 1 heterocycles. The SMILES string of the molecule is COc1cc(C)ccc1C(O)c1ccoc1. The second kappa shape index (κ2) is 4.41. The zero-order chi connectivity index (χ0) is 11.5. The molecule has 84 valence electrons. The van der Waals surface area contributed by atoms with Crippen molar-refractivity contribution in [2.45, 2.75) is 13.0 Å². The molecule has 1 N–H and O–H groups in total. The largest absolute Gasteiger partial charge is 0.496 e. The maximum atomic E-state index is 10.1. The molecule has 0 fully saturated rings. The van der Waals surface area contributed by atoms with Gasteiger partial charge in [-0.15, -0.1) is 0 Å². The predicted octanol–water partition coefficient (Wildman–Crippen LogP) is 2.68. The van der Waals surface area contributed by atoms with Crippen molar-refractivity contribution in [1.29, 1.82) is 0 Å². The molecule has 1 aromatic carbocycles. The van der Waals surface area contributed by atoms with E-state index in [1.54, 1.807) is 19.4 Å². The van der Waals surface area contributed by atoms with Gasteiger partial charge in [-0.2, -0.15) is 0 Å². The Labute approximate surface area is 94.3 Å². The number of hydrogen-bond donors (Lipinski definition) is 1. The van der Waals surface area contributed by atoms with Gasteiger partial charge < -0.3 is 14.3 Å². The van der Waals surface area contributed by atoms with Crippen LogP contribution in [0.15, 0.2) is 41.2 Å². The summed E-state index contributed by atoms with van der Waals surface area (Å²) in [5.41, 5.74) is 2.57. The van der Waals surface area contributed by atoms with Crippen molar-refractivity contribution in [3.05, 3.63) is 53.5 Å². The third-order valence-electron chi connectivity index (χ3n) is 2.54. The van der Waals surface area contributed by atoms with E-state index in [2.05, 4.69) is 0 Å². The average Bonchev–Trinajstić information content (AvgIpc) is 2.81. The highest BCUT2D eigenvalue weighted by atomic mass is 16.5. The number of benzene rings is 1. The molecule has 1 unspecified atom stereocenters. The molecule has 0 saturated heterocycles. The van der Waals surface area contributed by atoms with Gasteiger partial charge in [0.05, 0.1) is 19.6 Å². The summed E-state index contributed by atoms with van der Waals surface area (Å²) in [4.78, 5) is 0. The van der Waals surface area contributed by atoms with Crippen LogP contribution in [0.1, 0.15) is 22.8 Å². The summed E-state index contributed by atoms with van der Waals surface area (Å²) in [6.07, 6.45) is 2.36. The lowest BCUT2D eigenvalue weighted by Gasteiger charge is -2.13. The lowest BCUT2D eigenvalue weighted by atomic mass is 10.0. The van der Waals surface area contributed by atoms with Gasteiger partial charge in [0.15, 0.2) is 0 Å². The van der Waals surface area contributed by atoms with Crippen molar-refractivity contribution >= 4 is 0 Å². The number of furan rings is 1. The van der Waals surface area contributed by atoms with Crippen molar-refractivity contribution in [3.8, 4) is 5.75 Å². The Morgan fingerprint density at radius 1 is 1.31 bits per heavy atom. The molecule has 16 heavy (non-hydrogen) atoms. The van der Waals surface area contributed by atoms with Crippen molar-refractivity contribution < 1.29 is 14.3 Å². The Balaban J connectivity index is 2.40.